The monoisotopic (exact) mass is 422 g/mol. The summed E-state index contributed by atoms with van der Waals surface area (Å²) in [5.41, 5.74) is 0. The molecule has 2 N–H and O–H groups in total. The summed E-state index contributed by atoms with van der Waals surface area (Å²) in [6.45, 7) is 0. The van der Waals surface area contributed by atoms with Gasteiger partial charge in [-0.3, -0.25) is 0 Å². The molecular weight excluding hydrogens is 384 g/mol. The molecule has 0 aliphatic heterocycles. The number of aliphatic hydroxyl groups is 2. The molecule has 2 aliphatic rings. The molecule has 28 heavy (non-hydrogen) atoms. The first-order valence-electron chi connectivity index (χ1n) is 11.4. The third-order valence-corrected chi connectivity index (χ3v) is 7.68. The van der Waals surface area contributed by atoms with Crippen LogP contribution in [0.2, 0.25) is 12.1 Å². The van der Waals surface area contributed by atoms with E-state index in [-0.39, 0.29) is 24.4 Å². The van der Waals surface area contributed by atoms with Gasteiger partial charge in [0, 0.05) is 26.6 Å². The van der Waals surface area contributed by atoms with Crippen molar-refractivity contribution in [2.45, 2.75) is 87.9 Å². The second kappa shape index (κ2) is 10.8. The molecule has 0 saturated heterocycles. The lowest BCUT2D eigenvalue weighted by Crippen LogP contribution is -2.42. The standard InChI is InChI=1S/C22H38O4Si2/c23-19-8-1-5-16(11-13-28)22(19)26-18-7-3-6-17(14-18)25-20-9-2-4-15(10-12-27)21(20)24/h3,6-7,14-16,19-24H,1-2,4-5,8-13H2,27-28H3. The second-order valence-electron chi connectivity index (χ2n) is 8.73. The van der Waals surface area contributed by atoms with E-state index in [1.54, 1.807) is 0 Å². The normalized spacial score (nSPS) is 33.6. The fourth-order valence-corrected chi connectivity index (χ4v) is 6.56. The highest BCUT2D eigenvalue weighted by Crippen LogP contribution is 2.34. The van der Waals surface area contributed by atoms with Crippen molar-refractivity contribution < 1.29 is 19.7 Å². The highest BCUT2D eigenvalue weighted by atomic mass is 28.1. The number of aliphatic hydroxyl groups excluding tert-OH is 2. The molecule has 6 heteroatoms. The number of ether oxygens (including phenoxy) is 2. The molecular formula is C22H38O4Si2. The highest BCUT2D eigenvalue weighted by Gasteiger charge is 2.34. The maximum Gasteiger partial charge on any atom is 0.127 e. The minimum absolute atomic E-state index is 0.115. The van der Waals surface area contributed by atoms with Gasteiger partial charge in [0.1, 0.15) is 23.7 Å². The van der Waals surface area contributed by atoms with Crippen molar-refractivity contribution >= 4 is 20.5 Å². The first kappa shape index (κ1) is 21.9. The molecule has 1 aromatic carbocycles. The molecule has 1 aromatic rings. The minimum Gasteiger partial charge on any atom is -0.488 e. The van der Waals surface area contributed by atoms with Crippen LogP contribution in [-0.2, 0) is 0 Å². The predicted octanol–water partition coefficient (Wildman–Crippen LogP) is 1.85. The van der Waals surface area contributed by atoms with Crippen LogP contribution in [0.1, 0.15) is 51.4 Å². The Kier molecular flexibility index (Phi) is 8.44. The predicted molar refractivity (Wildman–Crippen MR) is 121 cm³/mol. The average Bonchev–Trinajstić information content (AvgIpc) is 2.68. The molecule has 6 unspecified atom stereocenters. The third kappa shape index (κ3) is 5.62. The Morgan fingerprint density at radius 2 is 1.50 bits per heavy atom. The van der Waals surface area contributed by atoms with Crippen molar-refractivity contribution in [1.82, 2.24) is 0 Å². The lowest BCUT2D eigenvalue weighted by molar-refractivity contribution is -0.0343. The molecule has 0 spiro atoms. The van der Waals surface area contributed by atoms with Crippen LogP contribution in [0.5, 0.6) is 11.5 Å². The van der Waals surface area contributed by atoms with E-state index in [4.69, 9.17) is 9.47 Å². The van der Waals surface area contributed by atoms with Gasteiger partial charge in [-0.2, -0.15) is 0 Å². The zero-order chi connectivity index (χ0) is 19.9. The molecule has 2 fully saturated rings. The van der Waals surface area contributed by atoms with Gasteiger partial charge < -0.3 is 19.7 Å². The Morgan fingerprint density at radius 1 is 0.857 bits per heavy atom. The van der Waals surface area contributed by atoms with Crippen molar-refractivity contribution in [2.75, 3.05) is 0 Å². The van der Waals surface area contributed by atoms with Gasteiger partial charge in [0.05, 0.1) is 12.2 Å². The molecule has 0 heterocycles. The molecule has 0 bridgehead atoms. The van der Waals surface area contributed by atoms with Crippen LogP contribution in [0.3, 0.4) is 0 Å². The van der Waals surface area contributed by atoms with Crippen LogP contribution >= 0.6 is 0 Å². The number of hydrogen-bond acceptors (Lipinski definition) is 4. The smallest absolute Gasteiger partial charge is 0.127 e. The van der Waals surface area contributed by atoms with Crippen molar-refractivity contribution in [3.8, 4) is 11.5 Å². The summed E-state index contributed by atoms with van der Waals surface area (Å²) < 4.78 is 12.5. The molecule has 3 rings (SSSR count). The maximum atomic E-state index is 10.7. The van der Waals surface area contributed by atoms with Crippen molar-refractivity contribution in [1.29, 1.82) is 0 Å². The van der Waals surface area contributed by atoms with Gasteiger partial charge in [-0.25, -0.2) is 0 Å². The van der Waals surface area contributed by atoms with Gasteiger partial charge in [0.2, 0.25) is 0 Å². The molecule has 158 valence electrons. The molecule has 6 atom stereocenters. The average molecular weight is 423 g/mol. The molecule has 4 nitrogen and oxygen atoms in total. The number of benzene rings is 1. The summed E-state index contributed by atoms with van der Waals surface area (Å²) in [5.74, 6) is 2.36. The van der Waals surface area contributed by atoms with Crippen LogP contribution in [0.15, 0.2) is 24.3 Å². The Bertz CT molecular complexity index is 596. The van der Waals surface area contributed by atoms with Gasteiger partial charge >= 0.3 is 0 Å². The Labute approximate surface area is 175 Å². The number of rotatable bonds is 8. The van der Waals surface area contributed by atoms with Crippen molar-refractivity contribution in [3.63, 3.8) is 0 Å². The third-order valence-electron chi connectivity index (χ3n) is 6.53. The van der Waals surface area contributed by atoms with E-state index >= 15 is 0 Å². The van der Waals surface area contributed by atoms with Crippen molar-refractivity contribution in [2.24, 2.45) is 11.8 Å². The van der Waals surface area contributed by atoms with Gasteiger partial charge in [0.15, 0.2) is 0 Å². The highest BCUT2D eigenvalue weighted by molar-refractivity contribution is 6.08. The zero-order valence-electron chi connectivity index (χ0n) is 17.6. The molecule has 2 aliphatic carbocycles. The SMILES string of the molecule is OC1CCCC(CC[SiH3])C1Oc1cccc(OC2CCCC(CC[SiH3])C2O)c1. The van der Waals surface area contributed by atoms with Crippen molar-refractivity contribution in [3.05, 3.63) is 24.3 Å². The van der Waals surface area contributed by atoms with Gasteiger partial charge in [-0.1, -0.05) is 31.0 Å². The van der Waals surface area contributed by atoms with Crippen LogP contribution in [-0.4, -0.2) is 55.1 Å². The zero-order valence-corrected chi connectivity index (χ0v) is 21.6. The summed E-state index contributed by atoms with van der Waals surface area (Å²) in [5, 5.41) is 21.2. The van der Waals surface area contributed by atoms with Crippen LogP contribution in [0.25, 0.3) is 0 Å². The summed E-state index contributed by atoms with van der Waals surface area (Å²) >= 11 is 0. The summed E-state index contributed by atoms with van der Waals surface area (Å²) in [6, 6.07) is 10.3. The molecule has 2 saturated carbocycles. The van der Waals surface area contributed by atoms with E-state index in [1.165, 1.54) is 32.6 Å². The minimum atomic E-state index is -0.380. The van der Waals surface area contributed by atoms with Gasteiger partial charge in [0.25, 0.3) is 0 Å². The van der Waals surface area contributed by atoms with Gasteiger partial charge in [-0.15, -0.1) is 0 Å². The summed E-state index contributed by atoms with van der Waals surface area (Å²) in [4.78, 5) is 0. The Balaban J connectivity index is 1.65. The maximum absolute atomic E-state index is 10.7. The van der Waals surface area contributed by atoms with Crippen LogP contribution in [0, 0.1) is 11.8 Å². The molecule has 0 radical (unpaired) electrons. The van der Waals surface area contributed by atoms with E-state index in [0.29, 0.717) is 11.8 Å². The molecule has 0 aromatic heterocycles. The fraction of sp³-hybridized carbons (Fsp3) is 0.727. The van der Waals surface area contributed by atoms with E-state index in [1.807, 2.05) is 24.3 Å². The summed E-state index contributed by atoms with van der Waals surface area (Å²) in [7, 11) is 2.40. The Morgan fingerprint density at radius 3 is 2.25 bits per heavy atom. The van der Waals surface area contributed by atoms with E-state index < -0.39 is 0 Å². The van der Waals surface area contributed by atoms with E-state index in [9.17, 15) is 10.2 Å². The van der Waals surface area contributed by atoms with Gasteiger partial charge in [-0.05, 0) is 62.5 Å². The lowest BCUT2D eigenvalue weighted by atomic mass is 9.82. The molecule has 0 amide bonds. The summed E-state index contributed by atoms with van der Waals surface area (Å²) in [6.07, 6.45) is 7.51. The van der Waals surface area contributed by atoms with E-state index in [2.05, 4.69) is 0 Å². The largest absolute Gasteiger partial charge is 0.488 e. The van der Waals surface area contributed by atoms with Crippen LogP contribution in [0.4, 0.5) is 0 Å². The van der Waals surface area contributed by atoms with E-state index in [0.717, 1.165) is 62.9 Å². The first-order chi connectivity index (χ1) is 13.6. The fourth-order valence-electron chi connectivity index (χ4n) is 5.08. The number of hydrogen-bond donors (Lipinski definition) is 2. The van der Waals surface area contributed by atoms with Crippen LogP contribution < -0.4 is 9.47 Å². The first-order valence-corrected chi connectivity index (χ1v) is 14.2. The quantitative estimate of drug-likeness (QED) is 0.628. The second-order valence-corrected chi connectivity index (χ2v) is 10.7. The topological polar surface area (TPSA) is 58.9 Å². The lowest BCUT2D eigenvalue weighted by Gasteiger charge is -2.36. The Hall–Kier alpha value is -0.826.